The highest BCUT2D eigenvalue weighted by Crippen LogP contribution is 2.19. The van der Waals surface area contributed by atoms with Gasteiger partial charge in [-0.25, -0.2) is 10.2 Å². The summed E-state index contributed by atoms with van der Waals surface area (Å²) in [6, 6.07) is 11.2. The SMILES string of the molecule is CCCOC(=O)c1ccc(OCC(=O)NN=Cc2cc(Br)ccc2O)cc1. The van der Waals surface area contributed by atoms with E-state index in [4.69, 9.17) is 9.47 Å². The zero-order chi connectivity index (χ0) is 19.6. The molecule has 2 N–H and O–H groups in total. The molecule has 0 atom stereocenters. The molecular formula is C19H19BrN2O5. The molecule has 0 aliphatic heterocycles. The van der Waals surface area contributed by atoms with Crippen LogP contribution in [-0.4, -0.2) is 36.4 Å². The van der Waals surface area contributed by atoms with Crippen LogP contribution in [0.4, 0.5) is 0 Å². The van der Waals surface area contributed by atoms with Crippen molar-refractivity contribution >= 4 is 34.0 Å². The Morgan fingerprint density at radius 1 is 1.22 bits per heavy atom. The first-order valence-corrected chi connectivity index (χ1v) is 8.99. The number of amides is 1. The van der Waals surface area contributed by atoms with E-state index in [1.54, 1.807) is 36.4 Å². The molecule has 0 fully saturated rings. The minimum Gasteiger partial charge on any atom is -0.507 e. The largest absolute Gasteiger partial charge is 0.507 e. The van der Waals surface area contributed by atoms with E-state index in [2.05, 4.69) is 26.5 Å². The molecule has 0 saturated carbocycles. The number of aromatic hydroxyl groups is 1. The molecule has 2 aromatic carbocycles. The molecule has 27 heavy (non-hydrogen) atoms. The Morgan fingerprint density at radius 2 is 1.96 bits per heavy atom. The van der Waals surface area contributed by atoms with Crippen molar-refractivity contribution in [2.75, 3.05) is 13.2 Å². The smallest absolute Gasteiger partial charge is 0.338 e. The number of halogens is 1. The molecule has 0 bridgehead atoms. The summed E-state index contributed by atoms with van der Waals surface area (Å²) in [5.74, 6) is -0.380. The minimum atomic E-state index is -0.466. The van der Waals surface area contributed by atoms with Crippen molar-refractivity contribution in [3.8, 4) is 11.5 Å². The maximum atomic E-state index is 11.8. The van der Waals surface area contributed by atoms with Gasteiger partial charge in [0.15, 0.2) is 6.61 Å². The third kappa shape index (κ3) is 6.74. The zero-order valence-corrected chi connectivity index (χ0v) is 16.2. The van der Waals surface area contributed by atoms with Crippen molar-refractivity contribution in [2.24, 2.45) is 5.10 Å². The van der Waals surface area contributed by atoms with Crippen LogP contribution in [0.25, 0.3) is 0 Å². The lowest BCUT2D eigenvalue weighted by Gasteiger charge is -2.06. The van der Waals surface area contributed by atoms with E-state index in [9.17, 15) is 14.7 Å². The van der Waals surface area contributed by atoms with Gasteiger partial charge in [0.1, 0.15) is 11.5 Å². The molecule has 0 saturated heterocycles. The molecule has 0 radical (unpaired) electrons. The summed E-state index contributed by atoms with van der Waals surface area (Å²) in [5, 5.41) is 13.5. The highest BCUT2D eigenvalue weighted by Gasteiger charge is 2.07. The lowest BCUT2D eigenvalue weighted by atomic mass is 10.2. The van der Waals surface area contributed by atoms with E-state index >= 15 is 0 Å². The number of rotatable bonds is 8. The molecule has 0 aliphatic carbocycles. The number of carbonyl (C=O) groups is 2. The van der Waals surface area contributed by atoms with Crippen LogP contribution < -0.4 is 10.2 Å². The van der Waals surface area contributed by atoms with Gasteiger partial charge in [-0.3, -0.25) is 4.79 Å². The molecule has 0 spiro atoms. The van der Waals surface area contributed by atoms with Crippen molar-refractivity contribution in [3.63, 3.8) is 0 Å². The normalized spacial score (nSPS) is 10.6. The number of hydrogen-bond acceptors (Lipinski definition) is 6. The first kappa shape index (κ1) is 20.4. The number of phenolic OH excluding ortho intramolecular Hbond substituents is 1. The average molecular weight is 435 g/mol. The first-order chi connectivity index (χ1) is 13.0. The predicted molar refractivity (Wildman–Crippen MR) is 104 cm³/mol. The van der Waals surface area contributed by atoms with Crippen LogP contribution in [0.2, 0.25) is 0 Å². The monoisotopic (exact) mass is 434 g/mol. The molecule has 0 heterocycles. The summed E-state index contributed by atoms with van der Waals surface area (Å²) in [5.41, 5.74) is 3.18. The van der Waals surface area contributed by atoms with Gasteiger partial charge in [-0.15, -0.1) is 0 Å². The number of nitrogens with zero attached hydrogens (tertiary/aromatic N) is 1. The highest BCUT2D eigenvalue weighted by molar-refractivity contribution is 9.10. The van der Waals surface area contributed by atoms with Gasteiger partial charge in [0.25, 0.3) is 5.91 Å². The standard InChI is InChI=1S/C19H19BrN2O5/c1-2-9-26-19(25)13-3-6-16(7-4-13)27-12-18(24)22-21-11-14-10-15(20)5-8-17(14)23/h3-8,10-11,23H,2,9,12H2,1H3,(H,22,24). The number of benzene rings is 2. The van der Waals surface area contributed by atoms with Gasteiger partial charge in [-0.05, 0) is 48.9 Å². The number of hydrazone groups is 1. The third-order valence-electron chi connectivity index (χ3n) is 3.28. The van der Waals surface area contributed by atoms with E-state index in [0.29, 0.717) is 23.5 Å². The van der Waals surface area contributed by atoms with Gasteiger partial charge in [-0.2, -0.15) is 5.10 Å². The number of hydrogen-bond donors (Lipinski definition) is 2. The quantitative estimate of drug-likeness (QED) is 0.377. The number of esters is 1. The van der Waals surface area contributed by atoms with Crippen molar-refractivity contribution in [2.45, 2.75) is 13.3 Å². The third-order valence-corrected chi connectivity index (χ3v) is 3.77. The van der Waals surface area contributed by atoms with Gasteiger partial charge in [-0.1, -0.05) is 22.9 Å². The summed E-state index contributed by atoms with van der Waals surface area (Å²) in [7, 11) is 0. The Hall–Kier alpha value is -2.87. The van der Waals surface area contributed by atoms with E-state index in [0.717, 1.165) is 10.9 Å². The predicted octanol–water partition coefficient (Wildman–Crippen LogP) is 3.25. The van der Waals surface area contributed by atoms with E-state index < -0.39 is 11.9 Å². The second-order valence-electron chi connectivity index (χ2n) is 5.45. The molecule has 0 unspecified atom stereocenters. The van der Waals surface area contributed by atoms with E-state index in [-0.39, 0.29) is 12.4 Å². The molecular weight excluding hydrogens is 416 g/mol. The second kappa shape index (κ2) is 10.3. The van der Waals surface area contributed by atoms with Crippen LogP contribution in [0.1, 0.15) is 29.3 Å². The topological polar surface area (TPSA) is 97.2 Å². The minimum absolute atomic E-state index is 0.0463. The molecule has 2 aromatic rings. The Morgan fingerprint density at radius 3 is 2.67 bits per heavy atom. The first-order valence-electron chi connectivity index (χ1n) is 8.20. The number of ether oxygens (including phenoxy) is 2. The fourth-order valence-electron chi connectivity index (χ4n) is 1.95. The van der Waals surface area contributed by atoms with Gasteiger partial charge in [0, 0.05) is 10.0 Å². The molecule has 142 valence electrons. The Bertz CT molecular complexity index is 821. The van der Waals surface area contributed by atoms with Crippen LogP contribution >= 0.6 is 15.9 Å². The maximum Gasteiger partial charge on any atom is 0.338 e. The molecule has 1 amide bonds. The molecule has 0 aliphatic rings. The zero-order valence-electron chi connectivity index (χ0n) is 14.6. The summed E-state index contributed by atoms with van der Waals surface area (Å²) < 4.78 is 11.1. The van der Waals surface area contributed by atoms with Crippen molar-refractivity contribution in [3.05, 3.63) is 58.1 Å². The van der Waals surface area contributed by atoms with Gasteiger partial charge in [0.2, 0.25) is 0 Å². The molecule has 0 aromatic heterocycles. The lowest BCUT2D eigenvalue weighted by Crippen LogP contribution is -2.24. The van der Waals surface area contributed by atoms with Crippen molar-refractivity contribution in [1.82, 2.24) is 5.43 Å². The van der Waals surface area contributed by atoms with Crippen molar-refractivity contribution < 1.29 is 24.2 Å². The highest BCUT2D eigenvalue weighted by atomic mass is 79.9. The Balaban J connectivity index is 1.80. The Labute approximate surface area is 165 Å². The van der Waals surface area contributed by atoms with E-state index in [1.165, 1.54) is 12.3 Å². The number of nitrogens with one attached hydrogen (secondary N) is 1. The summed E-state index contributed by atoms with van der Waals surface area (Å²) >= 11 is 3.29. The van der Waals surface area contributed by atoms with Gasteiger partial charge < -0.3 is 14.6 Å². The second-order valence-corrected chi connectivity index (χ2v) is 6.36. The number of phenols is 1. The molecule has 2 rings (SSSR count). The fraction of sp³-hybridized carbons (Fsp3) is 0.211. The fourth-order valence-corrected chi connectivity index (χ4v) is 2.33. The Kier molecular flexibility index (Phi) is 7.81. The van der Waals surface area contributed by atoms with Crippen LogP contribution in [0.15, 0.2) is 52.0 Å². The summed E-state index contributed by atoms with van der Waals surface area (Å²) in [6.45, 7) is 2.04. The van der Waals surface area contributed by atoms with Crippen LogP contribution in [0, 0.1) is 0 Å². The van der Waals surface area contributed by atoms with Crippen LogP contribution in [0.5, 0.6) is 11.5 Å². The molecule has 7 nitrogen and oxygen atoms in total. The van der Waals surface area contributed by atoms with Crippen LogP contribution in [0.3, 0.4) is 0 Å². The average Bonchev–Trinajstić information content (AvgIpc) is 2.67. The summed E-state index contributed by atoms with van der Waals surface area (Å²) in [4.78, 5) is 23.5. The van der Waals surface area contributed by atoms with Gasteiger partial charge >= 0.3 is 5.97 Å². The van der Waals surface area contributed by atoms with E-state index in [1.807, 2.05) is 6.92 Å². The maximum absolute atomic E-state index is 11.8. The van der Waals surface area contributed by atoms with Crippen LogP contribution in [-0.2, 0) is 9.53 Å². The molecule has 8 heteroatoms. The van der Waals surface area contributed by atoms with Gasteiger partial charge in [0.05, 0.1) is 18.4 Å². The summed E-state index contributed by atoms with van der Waals surface area (Å²) in [6.07, 6.45) is 2.08. The van der Waals surface area contributed by atoms with Crippen molar-refractivity contribution in [1.29, 1.82) is 0 Å². The number of carbonyl (C=O) groups excluding carboxylic acids is 2. The lowest BCUT2D eigenvalue weighted by molar-refractivity contribution is -0.123.